The summed E-state index contributed by atoms with van der Waals surface area (Å²) in [4.78, 5) is 11.2. The minimum atomic E-state index is -0.166. The Kier molecular flexibility index (Phi) is 7.09. The van der Waals surface area contributed by atoms with Gasteiger partial charge >= 0.3 is 0 Å². The van der Waals surface area contributed by atoms with Crippen LogP contribution in [-0.2, 0) is 4.74 Å². The second-order valence-electron chi connectivity index (χ2n) is 7.97. The number of piperazine rings is 1. The minimum Gasteiger partial charge on any atom is -0.465 e. The van der Waals surface area contributed by atoms with Gasteiger partial charge in [-0.2, -0.15) is 0 Å². The number of benzene rings is 1. The van der Waals surface area contributed by atoms with E-state index in [-0.39, 0.29) is 11.9 Å². The first-order chi connectivity index (χ1) is 15.2. The summed E-state index contributed by atoms with van der Waals surface area (Å²) in [5.41, 5.74) is 0.672. The second-order valence-corrected chi connectivity index (χ2v) is 7.97. The lowest BCUT2D eigenvalue weighted by atomic mass is 10.1. The summed E-state index contributed by atoms with van der Waals surface area (Å²) in [6, 6.07) is 11.2. The van der Waals surface area contributed by atoms with Gasteiger partial charge < -0.3 is 24.3 Å². The number of morpholine rings is 1. The standard InChI is InChI=1S/C23H32FN5O2/c1-18-7-8-22(31-18)21(28-13-15-30-16-14-28)17-26-23(25-2)29-11-9-27(10-12-29)20-6-4-3-5-19(20)24/h3-8,21H,9-17H2,1-2H3,(H,25,26). The topological polar surface area (TPSA) is 56.5 Å². The maximum Gasteiger partial charge on any atom is 0.193 e. The van der Waals surface area contributed by atoms with E-state index < -0.39 is 0 Å². The van der Waals surface area contributed by atoms with Crippen LogP contribution in [0.2, 0.25) is 0 Å². The lowest BCUT2D eigenvalue weighted by Crippen LogP contribution is -2.54. The molecule has 0 aliphatic carbocycles. The number of anilines is 1. The first-order valence-corrected chi connectivity index (χ1v) is 11.0. The van der Waals surface area contributed by atoms with E-state index in [1.165, 1.54) is 6.07 Å². The van der Waals surface area contributed by atoms with E-state index in [1.807, 2.05) is 32.2 Å². The zero-order valence-electron chi connectivity index (χ0n) is 18.4. The summed E-state index contributed by atoms with van der Waals surface area (Å²) < 4.78 is 25.6. The number of aliphatic imine (C=N–C) groups is 1. The molecule has 1 atom stereocenters. The highest BCUT2D eigenvalue weighted by Crippen LogP contribution is 2.24. The van der Waals surface area contributed by atoms with Crippen LogP contribution in [0, 0.1) is 12.7 Å². The van der Waals surface area contributed by atoms with Crippen molar-refractivity contribution in [3.63, 3.8) is 0 Å². The van der Waals surface area contributed by atoms with Crippen LogP contribution < -0.4 is 10.2 Å². The summed E-state index contributed by atoms with van der Waals surface area (Å²) in [6.45, 7) is 9.00. The summed E-state index contributed by atoms with van der Waals surface area (Å²) in [5.74, 6) is 2.59. The average Bonchev–Trinajstić information content (AvgIpc) is 3.24. The Bertz CT molecular complexity index is 872. The van der Waals surface area contributed by atoms with Gasteiger partial charge in [0.2, 0.25) is 0 Å². The van der Waals surface area contributed by atoms with Gasteiger partial charge in [0.1, 0.15) is 17.3 Å². The molecule has 2 aliphatic heterocycles. The highest BCUT2D eigenvalue weighted by Gasteiger charge is 2.27. The highest BCUT2D eigenvalue weighted by atomic mass is 19.1. The van der Waals surface area contributed by atoms with Gasteiger partial charge in [0.05, 0.1) is 24.9 Å². The molecule has 8 heteroatoms. The third-order valence-corrected chi connectivity index (χ3v) is 6.01. The van der Waals surface area contributed by atoms with E-state index in [0.717, 1.165) is 70.0 Å². The van der Waals surface area contributed by atoms with E-state index in [2.05, 4.69) is 31.1 Å². The number of furan rings is 1. The third-order valence-electron chi connectivity index (χ3n) is 6.01. The molecule has 0 radical (unpaired) electrons. The molecule has 31 heavy (non-hydrogen) atoms. The van der Waals surface area contributed by atoms with Gasteiger partial charge in [-0.1, -0.05) is 12.1 Å². The lowest BCUT2D eigenvalue weighted by Gasteiger charge is -2.39. The van der Waals surface area contributed by atoms with Crippen molar-refractivity contribution in [3.05, 3.63) is 53.7 Å². The Balaban J connectivity index is 1.37. The van der Waals surface area contributed by atoms with E-state index >= 15 is 0 Å². The molecule has 2 fully saturated rings. The Labute approximate surface area is 183 Å². The van der Waals surface area contributed by atoms with Crippen LogP contribution in [0.15, 0.2) is 45.8 Å². The predicted molar refractivity (Wildman–Crippen MR) is 120 cm³/mol. The zero-order chi connectivity index (χ0) is 21.6. The molecule has 4 rings (SSSR count). The van der Waals surface area contributed by atoms with Crippen LogP contribution in [0.3, 0.4) is 0 Å². The molecule has 2 aromatic rings. The predicted octanol–water partition coefficient (Wildman–Crippen LogP) is 2.50. The SMILES string of the molecule is CN=C(NCC(c1ccc(C)o1)N1CCOCC1)N1CCN(c2ccccc2F)CC1. The number of para-hydroxylation sites is 1. The molecule has 1 unspecified atom stereocenters. The number of nitrogens with zero attached hydrogens (tertiary/aromatic N) is 4. The number of rotatable bonds is 5. The molecule has 0 spiro atoms. The fourth-order valence-corrected chi connectivity index (χ4v) is 4.32. The van der Waals surface area contributed by atoms with E-state index in [0.29, 0.717) is 12.2 Å². The maximum absolute atomic E-state index is 14.1. The normalized spacial score (nSPS) is 19.5. The van der Waals surface area contributed by atoms with Crippen molar-refractivity contribution in [1.29, 1.82) is 0 Å². The number of aryl methyl sites for hydroxylation is 1. The zero-order valence-corrected chi connectivity index (χ0v) is 18.4. The fourth-order valence-electron chi connectivity index (χ4n) is 4.32. The molecular weight excluding hydrogens is 397 g/mol. The molecule has 168 valence electrons. The van der Waals surface area contributed by atoms with Crippen LogP contribution in [0.5, 0.6) is 0 Å². The number of nitrogens with one attached hydrogen (secondary N) is 1. The Morgan fingerprint density at radius 1 is 1.06 bits per heavy atom. The molecule has 0 bridgehead atoms. The number of halogens is 1. The molecule has 1 N–H and O–H groups in total. The van der Waals surface area contributed by atoms with Crippen molar-refractivity contribution in [2.24, 2.45) is 4.99 Å². The van der Waals surface area contributed by atoms with Gasteiger partial charge in [-0.3, -0.25) is 9.89 Å². The van der Waals surface area contributed by atoms with Gasteiger partial charge in [-0.25, -0.2) is 4.39 Å². The van der Waals surface area contributed by atoms with Crippen molar-refractivity contribution in [3.8, 4) is 0 Å². The Morgan fingerprint density at radius 3 is 2.45 bits per heavy atom. The molecule has 3 heterocycles. The van der Waals surface area contributed by atoms with E-state index in [9.17, 15) is 4.39 Å². The molecule has 2 saturated heterocycles. The smallest absolute Gasteiger partial charge is 0.193 e. The van der Waals surface area contributed by atoms with Gasteiger partial charge in [0.25, 0.3) is 0 Å². The largest absolute Gasteiger partial charge is 0.465 e. The molecule has 2 aliphatic rings. The third kappa shape index (κ3) is 5.19. The molecular formula is C23H32FN5O2. The molecule has 1 aromatic heterocycles. The average molecular weight is 430 g/mol. The monoisotopic (exact) mass is 429 g/mol. The number of guanidine groups is 1. The van der Waals surface area contributed by atoms with E-state index in [1.54, 1.807) is 6.07 Å². The summed E-state index contributed by atoms with van der Waals surface area (Å²) in [5, 5.41) is 3.55. The summed E-state index contributed by atoms with van der Waals surface area (Å²) in [6.07, 6.45) is 0. The number of hydrogen-bond donors (Lipinski definition) is 1. The molecule has 0 saturated carbocycles. The van der Waals surface area contributed by atoms with Crippen LogP contribution in [0.4, 0.5) is 10.1 Å². The maximum atomic E-state index is 14.1. The highest BCUT2D eigenvalue weighted by molar-refractivity contribution is 5.80. The van der Waals surface area contributed by atoms with Gasteiger partial charge in [0.15, 0.2) is 5.96 Å². The van der Waals surface area contributed by atoms with Crippen molar-refractivity contribution in [2.75, 3.05) is 71.0 Å². The first kappa shape index (κ1) is 21.6. The van der Waals surface area contributed by atoms with Gasteiger partial charge in [0, 0.05) is 52.9 Å². The van der Waals surface area contributed by atoms with Crippen molar-refractivity contribution < 1.29 is 13.5 Å². The number of hydrogen-bond acceptors (Lipinski definition) is 5. The fraction of sp³-hybridized carbons (Fsp3) is 0.522. The number of ether oxygens (including phenoxy) is 1. The minimum absolute atomic E-state index is 0.119. The Morgan fingerprint density at radius 2 is 1.81 bits per heavy atom. The van der Waals surface area contributed by atoms with Crippen molar-refractivity contribution in [1.82, 2.24) is 15.1 Å². The molecule has 1 aromatic carbocycles. The van der Waals surface area contributed by atoms with Gasteiger partial charge in [-0.05, 0) is 31.2 Å². The van der Waals surface area contributed by atoms with Crippen molar-refractivity contribution >= 4 is 11.6 Å². The lowest BCUT2D eigenvalue weighted by molar-refractivity contribution is 0.0123. The quantitative estimate of drug-likeness (QED) is 0.582. The first-order valence-electron chi connectivity index (χ1n) is 11.0. The van der Waals surface area contributed by atoms with Crippen molar-refractivity contribution in [2.45, 2.75) is 13.0 Å². The van der Waals surface area contributed by atoms with E-state index in [4.69, 9.17) is 9.15 Å². The second kappa shape index (κ2) is 10.2. The van der Waals surface area contributed by atoms with Crippen LogP contribution in [0.25, 0.3) is 0 Å². The van der Waals surface area contributed by atoms with Crippen LogP contribution >= 0.6 is 0 Å². The summed E-state index contributed by atoms with van der Waals surface area (Å²) >= 11 is 0. The Hall–Kier alpha value is -2.58. The van der Waals surface area contributed by atoms with Crippen LogP contribution in [0.1, 0.15) is 17.6 Å². The molecule has 0 amide bonds. The molecule has 7 nitrogen and oxygen atoms in total. The summed E-state index contributed by atoms with van der Waals surface area (Å²) in [7, 11) is 1.81. The van der Waals surface area contributed by atoms with Crippen LogP contribution in [-0.4, -0.2) is 81.8 Å². The van der Waals surface area contributed by atoms with Gasteiger partial charge in [-0.15, -0.1) is 0 Å².